The monoisotopic (exact) mass is 232 g/mol. The van der Waals surface area contributed by atoms with Crippen molar-refractivity contribution in [2.24, 2.45) is 5.92 Å². The van der Waals surface area contributed by atoms with Gasteiger partial charge in [-0.1, -0.05) is 0 Å². The molecule has 1 fully saturated rings. The van der Waals surface area contributed by atoms with Gasteiger partial charge in [-0.25, -0.2) is 0 Å². The third kappa shape index (κ3) is 3.37. The lowest BCUT2D eigenvalue weighted by molar-refractivity contribution is 0.0970. The quantitative estimate of drug-likeness (QED) is 0.810. The second-order valence-electron chi connectivity index (χ2n) is 4.85. The highest BCUT2D eigenvalue weighted by Crippen LogP contribution is 2.19. The van der Waals surface area contributed by atoms with Crippen LogP contribution >= 0.6 is 0 Å². The van der Waals surface area contributed by atoms with Crippen LogP contribution in [0.4, 0.5) is 0 Å². The molecule has 1 aromatic rings. The van der Waals surface area contributed by atoms with Gasteiger partial charge in [-0.05, 0) is 56.8 Å². The molecule has 1 aliphatic rings. The van der Waals surface area contributed by atoms with Crippen molar-refractivity contribution in [3.05, 3.63) is 29.6 Å². The van der Waals surface area contributed by atoms with Crippen LogP contribution in [-0.4, -0.2) is 23.9 Å². The number of aromatic nitrogens is 1. The SMILES string of the molecule is Cc1ccncc1C(=O)CCC1CCNCC1. The molecule has 0 saturated carbocycles. The van der Waals surface area contributed by atoms with E-state index in [1.54, 1.807) is 12.4 Å². The van der Waals surface area contributed by atoms with Crippen molar-refractivity contribution in [1.29, 1.82) is 0 Å². The zero-order valence-electron chi connectivity index (χ0n) is 10.4. The summed E-state index contributed by atoms with van der Waals surface area (Å²) in [5.74, 6) is 0.964. The number of nitrogens with one attached hydrogen (secondary N) is 1. The van der Waals surface area contributed by atoms with Gasteiger partial charge in [-0.2, -0.15) is 0 Å². The first-order valence-corrected chi connectivity index (χ1v) is 6.42. The molecule has 1 saturated heterocycles. The van der Waals surface area contributed by atoms with E-state index >= 15 is 0 Å². The minimum absolute atomic E-state index is 0.245. The highest BCUT2D eigenvalue weighted by atomic mass is 16.1. The second kappa shape index (κ2) is 5.92. The number of aryl methyl sites for hydroxylation is 1. The first kappa shape index (κ1) is 12.2. The van der Waals surface area contributed by atoms with Gasteiger partial charge in [-0.15, -0.1) is 0 Å². The maximum atomic E-state index is 12.1. The highest BCUT2D eigenvalue weighted by Gasteiger charge is 2.16. The van der Waals surface area contributed by atoms with Crippen LogP contribution in [-0.2, 0) is 0 Å². The van der Waals surface area contributed by atoms with Gasteiger partial charge >= 0.3 is 0 Å². The van der Waals surface area contributed by atoms with E-state index in [9.17, 15) is 4.79 Å². The van der Waals surface area contributed by atoms with E-state index < -0.39 is 0 Å². The van der Waals surface area contributed by atoms with Crippen LogP contribution in [0, 0.1) is 12.8 Å². The molecule has 0 atom stereocenters. The molecule has 0 amide bonds. The standard InChI is InChI=1S/C14H20N2O/c1-11-4-7-16-10-13(11)14(17)3-2-12-5-8-15-9-6-12/h4,7,10,12,15H,2-3,5-6,8-9H2,1H3. The van der Waals surface area contributed by atoms with Gasteiger partial charge in [0.1, 0.15) is 0 Å². The second-order valence-corrected chi connectivity index (χ2v) is 4.85. The van der Waals surface area contributed by atoms with Crippen molar-refractivity contribution in [2.75, 3.05) is 13.1 Å². The van der Waals surface area contributed by atoms with Crippen LogP contribution in [0.1, 0.15) is 41.6 Å². The van der Waals surface area contributed by atoms with Gasteiger partial charge in [0.25, 0.3) is 0 Å². The first-order valence-electron chi connectivity index (χ1n) is 6.42. The number of carbonyl (C=O) groups is 1. The number of Topliss-reactive ketones (excluding diaryl/α,β-unsaturated/α-hetero) is 1. The maximum absolute atomic E-state index is 12.1. The van der Waals surface area contributed by atoms with Crippen LogP contribution in [0.25, 0.3) is 0 Å². The number of nitrogens with zero attached hydrogens (tertiary/aromatic N) is 1. The van der Waals surface area contributed by atoms with Crippen molar-refractivity contribution in [2.45, 2.75) is 32.6 Å². The molecule has 1 aliphatic heterocycles. The minimum atomic E-state index is 0.245. The summed E-state index contributed by atoms with van der Waals surface area (Å²) in [5.41, 5.74) is 1.83. The van der Waals surface area contributed by atoms with E-state index in [1.165, 1.54) is 12.8 Å². The molecule has 0 unspecified atom stereocenters. The van der Waals surface area contributed by atoms with E-state index in [0.29, 0.717) is 6.42 Å². The summed E-state index contributed by atoms with van der Waals surface area (Å²) in [6.07, 6.45) is 7.53. The Kier molecular flexibility index (Phi) is 4.26. The molecule has 1 aromatic heterocycles. The maximum Gasteiger partial charge on any atom is 0.164 e. The predicted octanol–water partition coefficient (Wildman–Crippen LogP) is 2.35. The first-order chi connectivity index (χ1) is 8.27. The number of ketones is 1. The Balaban J connectivity index is 1.87. The zero-order valence-corrected chi connectivity index (χ0v) is 10.4. The summed E-state index contributed by atoms with van der Waals surface area (Å²) in [6.45, 7) is 4.18. The lowest BCUT2D eigenvalue weighted by Gasteiger charge is -2.22. The third-order valence-corrected chi connectivity index (χ3v) is 3.58. The average molecular weight is 232 g/mol. The van der Waals surface area contributed by atoms with Gasteiger partial charge in [0.2, 0.25) is 0 Å². The van der Waals surface area contributed by atoms with Gasteiger partial charge in [0.15, 0.2) is 5.78 Å². The Morgan fingerprint density at radius 2 is 2.24 bits per heavy atom. The van der Waals surface area contributed by atoms with Gasteiger partial charge in [0.05, 0.1) is 0 Å². The number of pyridine rings is 1. The number of hydrogen-bond acceptors (Lipinski definition) is 3. The Hall–Kier alpha value is -1.22. The number of hydrogen-bond donors (Lipinski definition) is 1. The van der Waals surface area contributed by atoms with Crippen LogP contribution in [0.5, 0.6) is 0 Å². The molecule has 0 spiro atoms. The Bertz CT molecular complexity index is 384. The summed E-state index contributed by atoms with van der Waals surface area (Å²) < 4.78 is 0. The molecule has 3 nitrogen and oxygen atoms in total. The van der Waals surface area contributed by atoms with Gasteiger partial charge in [-0.3, -0.25) is 9.78 Å². The summed E-state index contributed by atoms with van der Waals surface area (Å²) >= 11 is 0. The molecular formula is C14H20N2O. The van der Waals surface area contributed by atoms with Crippen molar-refractivity contribution >= 4 is 5.78 Å². The van der Waals surface area contributed by atoms with E-state index in [0.717, 1.165) is 36.6 Å². The fourth-order valence-corrected chi connectivity index (χ4v) is 2.40. The van der Waals surface area contributed by atoms with Crippen molar-refractivity contribution in [1.82, 2.24) is 10.3 Å². The lowest BCUT2D eigenvalue weighted by atomic mass is 9.91. The number of piperidine rings is 1. The summed E-state index contributed by atoms with van der Waals surface area (Å²) in [5, 5.41) is 3.35. The fraction of sp³-hybridized carbons (Fsp3) is 0.571. The predicted molar refractivity (Wildman–Crippen MR) is 68.1 cm³/mol. The van der Waals surface area contributed by atoms with Crippen LogP contribution < -0.4 is 5.32 Å². The normalized spacial score (nSPS) is 17.0. The molecule has 17 heavy (non-hydrogen) atoms. The lowest BCUT2D eigenvalue weighted by Crippen LogP contribution is -2.28. The molecule has 92 valence electrons. The van der Waals surface area contributed by atoms with Crippen molar-refractivity contribution < 1.29 is 4.79 Å². The number of rotatable bonds is 4. The van der Waals surface area contributed by atoms with Gasteiger partial charge < -0.3 is 5.32 Å². The van der Waals surface area contributed by atoms with Crippen LogP contribution in [0.2, 0.25) is 0 Å². The Morgan fingerprint density at radius 3 is 2.94 bits per heavy atom. The smallest absolute Gasteiger partial charge is 0.164 e. The largest absolute Gasteiger partial charge is 0.317 e. The topological polar surface area (TPSA) is 42.0 Å². The van der Waals surface area contributed by atoms with E-state index in [2.05, 4.69) is 10.3 Å². The molecule has 1 N–H and O–H groups in total. The molecular weight excluding hydrogens is 212 g/mol. The third-order valence-electron chi connectivity index (χ3n) is 3.58. The molecule has 0 radical (unpaired) electrons. The molecule has 0 aromatic carbocycles. The highest BCUT2D eigenvalue weighted by molar-refractivity contribution is 5.97. The fourth-order valence-electron chi connectivity index (χ4n) is 2.40. The van der Waals surface area contributed by atoms with Crippen LogP contribution in [0.15, 0.2) is 18.5 Å². The zero-order chi connectivity index (χ0) is 12.1. The van der Waals surface area contributed by atoms with Crippen LogP contribution in [0.3, 0.4) is 0 Å². The summed E-state index contributed by atoms with van der Waals surface area (Å²) in [6, 6.07) is 1.90. The number of carbonyl (C=O) groups excluding carboxylic acids is 1. The molecule has 0 bridgehead atoms. The average Bonchev–Trinajstić information content (AvgIpc) is 2.38. The molecule has 2 rings (SSSR count). The van der Waals surface area contributed by atoms with E-state index in [-0.39, 0.29) is 5.78 Å². The summed E-state index contributed by atoms with van der Waals surface area (Å²) in [4.78, 5) is 16.1. The Labute approximate surface area is 103 Å². The van der Waals surface area contributed by atoms with E-state index in [1.807, 2.05) is 13.0 Å². The summed E-state index contributed by atoms with van der Waals surface area (Å²) in [7, 11) is 0. The molecule has 0 aliphatic carbocycles. The minimum Gasteiger partial charge on any atom is -0.317 e. The Morgan fingerprint density at radius 1 is 1.47 bits per heavy atom. The van der Waals surface area contributed by atoms with Crippen molar-refractivity contribution in [3.8, 4) is 0 Å². The molecule has 3 heteroatoms. The van der Waals surface area contributed by atoms with E-state index in [4.69, 9.17) is 0 Å². The van der Waals surface area contributed by atoms with Crippen molar-refractivity contribution in [3.63, 3.8) is 0 Å². The van der Waals surface area contributed by atoms with Gasteiger partial charge in [0, 0.05) is 24.4 Å². The molecule has 2 heterocycles.